The number of aliphatic hydroxyl groups is 3. The number of nitrogens with zero attached hydrogens (tertiary/aromatic N) is 2. The Kier molecular flexibility index (Phi) is 11.8. The first-order valence-corrected chi connectivity index (χ1v) is 12.5. The van der Waals surface area contributed by atoms with Gasteiger partial charge in [0.15, 0.2) is 6.29 Å². The van der Waals surface area contributed by atoms with E-state index in [9.17, 15) is 15.5 Å². The SMILES string of the molecule is CCCN(CCC)c1ccc2cc(/C(C)=C(\C#N)SNC3CC(O)COC3O)ccc2c1.CO. The molecule has 1 heterocycles. The molecule has 0 spiro atoms. The van der Waals surface area contributed by atoms with Crippen LogP contribution in [0.4, 0.5) is 5.69 Å². The van der Waals surface area contributed by atoms with Gasteiger partial charge in [-0.25, -0.2) is 0 Å². The van der Waals surface area contributed by atoms with Gasteiger partial charge in [0.1, 0.15) is 11.0 Å². The highest BCUT2D eigenvalue weighted by Crippen LogP contribution is 2.30. The first-order chi connectivity index (χ1) is 16.5. The van der Waals surface area contributed by atoms with Crippen LogP contribution in [0.2, 0.25) is 0 Å². The summed E-state index contributed by atoms with van der Waals surface area (Å²) >= 11 is 1.17. The number of hydrogen-bond acceptors (Lipinski definition) is 8. The fourth-order valence-corrected chi connectivity index (χ4v) is 4.73. The monoisotopic (exact) mass is 487 g/mol. The van der Waals surface area contributed by atoms with Gasteiger partial charge in [0.25, 0.3) is 0 Å². The minimum absolute atomic E-state index is 0.122. The number of aliphatic hydroxyl groups excluding tert-OH is 3. The smallest absolute Gasteiger partial charge is 0.171 e. The van der Waals surface area contributed by atoms with E-state index in [4.69, 9.17) is 9.84 Å². The van der Waals surface area contributed by atoms with E-state index in [1.807, 2.05) is 13.0 Å². The number of nitriles is 1. The van der Waals surface area contributed by atoms with Gasteiger partial charge in [-0.1, -0.05) is 32.0 Å². The molecule has 0 bridgehead atoms. The highest BCUT2D eigenvalue weighted by molar-refractivity contribution is 8.01. The van der Waals surface area contributed by atoms with Crippen molar-refractivity contribution in [3.8, 4) is 6.07 Å². The molecule has 0 aliphatic carbocycles. The number of anilines is 1. The molecule has 2 aromatic rings. The molecule has 0 amide bonds. The summed E-state index contributed by atoms with van der Waals surface area (Å²) in [7, 11) is 1.00. The second kappa shape index (κ2) is 14.3. The lowest BCUT2D eigenvalue weighted by atomic mass is 10.0. The van der Waals surface area contributed by atoms with Gasteiger partial charge in [0.2, 0.25) is 0 Å². The van der Waals surface area contributed by atoms with Crippen LogP contribution in [0.25, 0.3) is 16.3 Å². The number of nitrogens with one attached hydrogen (secondary N) is 1. The molecule has 4 N–H and O–H groups in total. The van der Waals surface area contributed by atoms with Gasteiger partial charge in [-0.15, -0.1) is 0 Å². The van der Waals surface area contributed by atoms with Gasteiger partial charge in [0.05, 0.1) is 18.8 Å². The summed E-state index contributed by atoms with van der Waals surface area (Å²) in [5, 5.41) is 38.7. The number of hydrogen-bond donors (Lipinski definition) is 4. The zero-order chi connectivity index (χ0) is 25.1. The fourth-order valence-electron chi connectivity index (χ4n) is 3.93. The van der Waals surface area contributed by atoms with Crippen molar-refractivity contribution in [2.75, 3.05) is 31.7 Å². The van der Waals surface area contributed by atoms with E-state index in [0.29, 0.717) is 11.3 Å². The second-order valence-electron chi connectivity index (χ2n) is 8.24. The topological polar surface area (TPSA) is 109 Å². The van der Waals surface area contributed by atoms with Gasteiger partial charge >= 0.3 is 0 Å². The molecule has 8 heteroatoms. The molecule has 1 fully saturated rings. The number of benzene rings is 2. The van der Waals surface area contributed by atoms with E-state index in [1.54, 1.807) is 0 Å². The number of fused-ring (bicyclic) bond motifs is 1. The van der Waals surface area contributed by atoms with Crippen LogP contribution in [0.3, 0.4) is 0 Å². The molecule has 1 aliphatic rings. The van der Waals surface area contributed by atoms with E-state index in [-0.39, 0.29) is 6.61 Å². The molecule has 0 radical (unpaired) electrons. The maximum absolute atomic E-state index is 9.96. The van der Waals surface area contributed by atoms with Crippen LogP contribution >= 0.6 is 11.9 Å². The Labute approximate surface area is 207 Å². The normalized spacial score (nSPS) is 20.7. The molecule has 34 heavy (non-hydrogen) atoms. The van der Waals surface area contributed by atoms with Crippen LogP contribution in [0, 0.1) is 11.3 Å². The Balaban J connectivity index is 0.00000199. The van der Waals surface area contributed by atoms with Crippen molar-refractivity contribution in [2.45, 2.75) is 58.5 Å². The minimum Gasteiger partial charge on any atom is -0.400 e. The Morgan fingerprint density at radius 3 is 2.41 bits per heavy atom. The molecule has 7 nitrogen and oxygen atoms in total. The lowest BCUT2D eigenvalue weighted by molar-refractivity contribution is -0.168. The summed E-state index contributed by atoms with van der Waals surface area (Å²) in [6.45, 7) is 8.55. The van der Waals surface area contributed by atoms with Crippen LogP contribution in [-0.2, 0) is 4.74 Å². The largest absolute Gasteiger partial charge is 0.400 e. The molecule has 0 saturated carbocycles. The Bertz CT molecular complexity index is 986. The average Bonchev–Trinajstić information content (AvgIpc) is 2.86. The summed E-state index contributed by atoms with van der Waals surface area (Å²) < 4.78 is 8.23. The molecular weight excluding hydrogens is 450 g/mol. The predicted octanol–water partition coefficient (Wildman–Crippen LogP) is 4.04. The van der Waals surface area contributed by atoms with Gasteiger partial charge < -0.3 is 25.0 Å². The third kappa shape index (κ3) is 7.44. The summed E-state index contributed by atoms with van der Waals surface area (Å²) in [4.78, 5) is 2.94. The first-order valence-electron chi connectivity index (χ1n) is 11.7. The molecule has 0 aromatic heterocycles. The van der Waals surface area contributed by atoms with Crippen molar-refractivity contribution in [2.24, 2.45) is 0 Å². The lowest BCUT2D eigenvalue weighted by Gasteiger charge is -2.31. The molecule has 186 valence electrons. The van der Waals surface area contributed by atoms with E-state index in [0.717, 1.165) is 49.6 Å². The first kappa shape index (κ1) is 28.1. The second-order valence-corrected chi connectivity index (χ2v) is 9.09. The van der Waals surface area contributed by atoms with Crippen molar-refractivity contribution < 1.29 is 20.1 Å². The number of ether oxygens (including phenoxy) is 1. The van der Waals surface area contributed by atoms with Gasteiger partial charge in [-0.05, 0) is 78.2 Å². The number of rotatable bonds is 9. The van der Waals surface area contributed by atoms with Crippen LogP contribution in [-0.4, -0.2) is 60.6 Å². The van der Waals surface area contributed by atoms with Gasteiger partial charge in [-0.2, -0.15) is 5.26 Å². The maximum Gasteiger partial charge on any atom is 0.171 e. The molecule has 3 unspecified atom stereocenters. The van der Waals surface area contributed by atoms with Gasteiger partial charge in [0, 0.05) is 25.9 Å². The van der Waals surface area contributed by atoms with E-state index in [2.05, 4.69) is 59.9 Å². The van der Waals surface area contributed by atoms with Crippen molar-refractivity contribution in [3.63, 3.8) is 0 Å². The summed E-state index contributed by atoms with van der Waals surface area (Å²) in [6, 6.07) is 14.6. The Morgan fingerprint density at radius 2 is 1.76 bits per heavy atom. The van der Waals surface area contributed by atoms with Crippen LogP contribution < -0.4 is 9.62 Å². The highest BCUT2D eigenvalue weighted by atomic mass is 32.2. The Hall–Kier alpha value is -2.12. The highest BCUT2D eigenvalue weighted by Gasteiger charge is 2.29. The molecule has 3 rings (SSSR count). The zero-order valence-corrected chi connectivity index (χ0v) is 21.3. The van der Waals surface area contributed by atoms with Crippen molar-refractivity contribution in [1.82, 2.24) is 4.72 Å². The molecule has 3 atom stereocenters. The van der Waals surface area contributed by atoms with E-state index in [1.165, 1.54) is 23.0 Å². The predicted molar refractivity (Wildman–Crippen MR) is 140 cm³/mol. The number of allylic oxidation sites excluding steroid dienone is 2. The third-order valence-corrected chi connectivity index (χ3v) is 6.72. The molecule has 1 aliphatic heterocycles. The zero-order valence-electron chi connectivity index (χ0n) is 20.5. The summed E-state index contributed by atoms with van der Waals surface area (Å²) in [6.07, 6.45) is 0.986. The summed E-state index contributed by atoms with van der Waals surface area (Å²) in [5.41, 5.74) is 3.09. The Morgan fingerprint density at radius 1 is 1.12 bits per heavy atom. The average molecular weight is 488 g/mol. The maximum atomic E-state index is 9.96. The van der Waals surface area contributed by atoms with Crippen LogP contribution in [0.15, 0.2) is 41.3 Å². The van der Waals surface area contributed by atoms with Crippen molar-refractivity contribution in [3.05, 3.63) is 46.9 Å². The van der Waals surface area contributed by atoms with E-state index < -0.39 is 18.4 Å². The van der Waals surface area contributed by atoms with Crippen molar-refractivity contribution in [1.29, 1.82) is 5.26 Å². The lowest BCUT2D eigenvalue weighted by Crippen LogP contribution is -2.46. The van der Waals surface area contributed by atoms with E-state index >= 15 is 0 Å². The van der Waals surface area contributed by atoms with Crippen molar-refractivity contribution >= 4 is 34.0 Å². The van der Waals surface area contributed by atoms with Crippen LogP contribution in [0.1, 0.15) is 45.6 Å². The quantitative estimate of drug-likeness (QED) is 0.310. The molecule has 1 saturated heterocycles. The van der Waals surface area contributed by atoms with Crippen LogP contribution in [0.5, 0.6) is 0 Å². The van der Waals surface area contributed by atoms with Gasteiger partial charge in [-0.3, -0.25) is 4.72 Å². The molecule has 2 aromatic carbocycles. The third-order valence-electron chi connectivity index (χ3n) is 5.69. The summed E-state index contributed by atoms with van der Waals surface area (Å²) in [5.74, 6) is 0. The minimum atomic E-state index is -0.999. The standard InChI is InChI=1S/C25H33N3O3S.CH4O/c1-4-10-28(11-5-2)21-9-8-19-12-18(6-7-20(19)13-21)17(3)24(15-26)32-27-23-14-22(29)16-31-25(23)30;1-2/h6-9,12-13,22-23,25,27,29-30H,4-5,10-11,14,16H2,1-3H3;2H,1H3/b24-17+;. The fraction of sp³-hybridized carbons (Fsp3) is 0.500. The molecular formula is C26H37N3O4S.